The van der Waals surface area contributed by atoms with Crippen LogP contribution in [0.2, 0.25) is 0 Å². The Bertz CT molecular complexity index is 390. The van der Waals surface area contributed by atoms with E-state index in [9.17, 15) is 0 Å². The van der Waals surface area contributed by atoms with E-state index in [1.54, 1.807) is 0 Å². The van der Waals surface area contributed by atoms with Crippen molar-refractivity contribution in [3.05, 3.63) is 12.2 Å². The minimum absolute atomic E-state index is 0.464. The van der Waals surface area contributed by atoms with Crippen LogP contribution in [-0.4, -0.2) is 12.2 Å². The zero-order valence-electron chi connectivity index (χ0n) is 14.3. The standard InChI is InChI=1S/C21H32O/c1-3-5-7-9-11-12-13-15-17-19-21-20(22-21)18-16-14-10-8-6-4-2/h2,14,16,20-21H,3,5,7,9-13,15,17-19H2,1H3/t20-,21-/m0/s1. The van der Waals surface area contributed by atoms with Crippen LogP contribution < -0.4 is 0 Å². The van der Waals surface area contributed by atoms with E-state index in [0.717, 1.165) is 12.8 Å². The van der Waals surface area contributed by atoms with Crippen molar-refractivity contribution in [3.63, 3.8) is 0 Å². The molecule has 122 valence electrons. The highest BCUT2D eigenvalue weighted by atomic mass is 16.6. The minimum atomic E-state index is 0.464. The van der Waals surface area contributed by atoms with Gasteiger partial charge in [-0.05, 0) is 24.7 Å². The molecule has 0 amide bonds. The maximum absolute atomic E-state index is 5.70. The predicted octanol–water partition coefficient (Wildman–Crippen LogP) is 5.65. The van der Waals surface area contributed by atoms with Crippen LogP contribution in [0, 0.1) is 24.2 Å². The van der Waals surface area contributed by atoms with E-state index in [2.05, 4.69) is 36.8 Å². The van der Waals surface area contributed by atoms with E-state index in [4.69, 9.17) is 11.2 Å². The summed E-state index contributed by atoms with van der Waals surface area (Å²) in [5, 5.41) is 0. The maximum Gasteiger partial charge on any atom is 0.0876 e. The van der Waals surface area contributed by atoms with Gasteiger partial charge in [-0.1, -0.05) is 82.8 Å². The summed E-state index contributed by atoms with van der Waals surface area (Å²) >= 11 is 0. The Balaban J connectivity index is 1.83. The fourth-order valence-corrected chi connectivity index (χ4v) is 2.77. The lowest BCUT2D eigenvalue weighted by Crippen LogP contribution is -1.93. The first-order valence-corrected chi connectivity index (χ1v) is 9.12. The van der Waals surface area contributed by atoms with Crippen LogP contribution in [-0.2, 0) is 4.74 Å². The quantitative estimate of drug-likeness (QED) is 0.185. The van der Waals surface area contributed by atoms with Crippen molar-refractivity contribution in [2.24, 2.45) is 0 Å². The summed E-state index contributed by atoms with van der Waals surface area (Å²) in [5.41, 5.74) is 0. The number of hydrogen-bond acceptors (Lipinski definition) is 1. The van der Waals surface area contributed by atoms with Crippen LogP contribution in [0.1, 0.15) is 84.0 Å². The summed E-state index contributed by atoms with van der Waals surface area (Å²) in [6, 6.07) is 0. The van der Waals surface area contributed by atoms with Gasteiger partial charge in [0.05, 0.1) is 12.2 Å². The Morgan fingerprint density at radius 1 is 0.909 bits per heavy atom. The molecule has 0 aromatic carbocycles. The highest BCUT2D eigenvalue weighted by molar-refractivity contribution is 5.22. The minimum Gasteiger partial charge on any atom is -0.369 e. The van der Waals surface area contributed by atoms with Crippen molar-refractivity contribution < 1.29 is 4.74 Å². The van der Waals surface area contributed by atoms with E-state index in [1.807, 2.05) is 0 Å². The number of ether oxygens (including phenoxy) is 1. The first kappa shape index (κ1) is 18.9. The van der Waals surface area contributed by atoms with Crippen molar-refractivity contribution in [1.82, 2.24) is 0 Å². The number of allylic oxidation sites excluding steroid dienone is 1. The third-order valence-electron chi connectivity index (χ3n) is 4.20. The number of terminal acetylenes is 1. The number of unbranched alkanes of at least 4 members (excludes halogenated alkanes) is 8. The summed E-state index contributed by atoms with van der Waals surface area (Å²) in [4.78, 5) is 0. The molecule has 0 aromatic heterocycles. The molecule has 1 nitrogen and oxygen atoms in total. The smallest absolute Gasteiger partial charge is 0.0876 e. The highest BCUT2D eigenvalue weighted by Crippen LogP contribution is 2.30. The van der Waals surface area contributed by atoms with Crippen LogP contribution in [0.15, 0.2) is 12.2 Å². The Kier molecular flexibility index (Phi) is 11.6. The van der Waals surface area contributed by atoms with Crippen LogP contribution >= 0.6 is 0 Å². The maximum atomic E-state index is 5.70. The third-order valence-corrected chi connectivity index (χ3v) is 4.20. The summed E-state index contributed by atoms with van der Waals surface area (Å²) in [7, 11) is 0. The fraction of sp³-hybridized carbons (Fsp3) is 0.714. The SMILES string of the molecule is C#CC#CCC=CC[C@@H]1O[C@H]1CCCCCCCCCCC. The van der Waals surface area contributed by atoms with Gasteiger partial charge in [0.2, 0.25) is 0 Å². The molecule has 0 unspecified atom stereocenters. The van der Waals surface area contributed by atoms with Gasteiger partial charge in [-0.2, -0.15) is 0 Å². The normalized spacial score (nSPS) is 19.6. The van der Waals surface area contributed by atoms with Gasteiger partial charge in [0.1, 0.15) is 0 Å². The van der Waals surface area contributed by atoms with Crippen molar-refractivity contribution in [2.75, 3.05) is 0 Å². The van der Waals surface area contributed by atoms with E-state index >= 15 is 0 Å². The predicted molar refractivity (Wildman–Crippen MR) is 95.5 cm³/mol. The third kappa shape index (κ3) is 10.5. The topological polar surface area (TPSA) is 12.5 Å². The summed E-state index contributed by atoms with van der Waals surface area (Å²) in [6.45, 7) is 2.27. The zero-order valence-corrected chi connectivity index (χ0v) is 14.3. The van der Waals surface area contributed by atoms with Gasteiger partial charge in [-0.15, -0.1) is 6.42 Å². The molecule has 1 rings (SSSR count). The van der Waals surface area contributed by atoms with Gasteiger partial charge < -0.3 is 4.74 Å². The van der Waals surface area contributed by atoms with Crippen LogP contribution in [0.3, 0.4) is 0 Å². The Hall–Kier alpha value is -1.18. The molecule has 0 aromatic rings. The van der Waals surface area contributed by atoms with Gasteiger partial charge in [-0.3, -0.25) is 0 Å². The molecule has 0 N–H and O–H groups in total. The second kappa shape index (κ2) is 13.5. The molecule has 22 heavy (non-hydrogen) atoms. The average Bonchev–Trinajstić information content (AvgIpc) is 3.27. The molecule has 1 aliphatic rings. The lowest BCUT2D eigenvalue weighted by molar-refractivity contribution is 0.358. The van der Waals surface area contributed by atoms with Gasteiger partial charge >= 0.3 is 0 Å². The Morgan fingerprint density at radius 3 is 2.27 bits per heavy atom. The van der Waals surface area contributed by atoms with Crippen LogP contribution in [0.5, 0.6) is 0 Å². The Morgan fingerprint density at radius 2 is 1.59 bits per heavy atom. The zero-order chi connectivity index (χ0) is 15.9. The number of epoxide rings is 1. The lowest BCUT2D eigenvalue weighted by atomic mass is 10.0. The molecule has 1 fully saturated rings. The second-order valence-electron chi connectivity index (χ2n) is 6.19. The van der Waals surface area contributed by atoms with Crippen molar-refractivity contribution in [2.45, 2.75) is 96.2 Å². The molecule has 0 radical (unpaired) electrons. The molecule has 1 heteroatoms. The van der Waals surface area contributed by atoms with Crippen molar-refractivity contribution in [3.8, 4) is 24.2 Å². The number of hydrogen-bond donors (Lipinski definition) is 0. The van der Waals surface area contributed by atoms with Crippen molar-refractivity contribution in [1.29, 1.82) is 0 Å². The molecular weight excluding hydrogens is 268 g/mol. The van der Waals surface area contributed by atoms with E-state index in [1.165, 1.54) is 64.2 Å². The van der Waals surface area contributed by atoms with Crippen LogP contribution in [0.4, 0.5) is 0 Å². The first-order valence-electron chi connectivity index (χ1n) is 9.12. The average molecular weight is 300 g/mol. The largest absolute Gasteiger partial charge is 0.369 e. The second-order valence-corrected chi connectivity index (χ2v) is 6.19. The molecule has 0 saturated carbocycles. The summed E-state index contributed by atoms with van der Waals surface area (Å²) in [5.74, 6) is 7.83. The molecule has 0 bridgehead atoms. The number of rotatable bonds is 13. The van der Waals surface area contributed by atoms with E-state index in [-0.39, 0.29) is 0 Å². The molecule has 1 saturated heterocycles. The first-order chi connectivity index (χ1) is 10.9. The van der Waals surface area contributed by atoms with Gasteiger partial charge in [-0.25, -0.2) is 0 Å². The highest BCUT2D eigenvalue weighted by Gasteiger charge is 2.36. The van der Waals surface area contributed by atoms with E-state index < -0.39 is 0 Å². The monoisotopic (exact) mass is 300 g/mol. The molecule has 1 aliphatic heterocycles. The molecule has 1 heterocycles. The van der Waals surface area contributed by atoms with E-state index in [0.29, 0.717) is 12.2 Å². The van der Waals surface area contributed by atoms with Crippen LogP contribution in [0.25, 0.3) is 0 Å². The molecular formula is C21H32O. The van der Waals surface area contributed by atoms with Gasteiger partial charge in [0.25, 0.3) is 0 Å². The van der Waals surface area contributed by atoms with Gasteiger partial charge in [0.15, 0.2) is 0 Å². The summed E-state index contributed by atoms with van der Waals surface area (Å²) in [6.07, 6.45) is 25.9. The van der Waals surface area contributed by atoms with Gasteiger partial charge in [0, 0.05) is 6.42 Å². The van der Waals surface area contributed by atoms with Crippen molar-refractivity contribution >= 4 is 0 Å². The Labute approximate surface area is 137 Å². The molecule has 0 spiro atoms. The molecule has 0 aliphatic carbocycles. The summed E-state index contributed by atoms with van der Waals surface area (Å²) < 4.78 is 5.70. The molecule has 2 atom stereocenters. The fourth-order valence-electron chi connectivity index (χ4n) is 2.77. The lowest BCUT2D eigenvalue weighted by Gasteiger charge is -2.01.